The van der Waals surface area contributed by atoms with Crippen molar-refractivity contribution in [2.24, 2.45) is 0 Å². The summed E-state index contributed by atoms with van der Waals surface area (Å²) in [5.74, 6) is 0.116. The highest BCUT2D eigenvalue weighted by Gasteiger charge is 2.34. The third-order valence-corrected chi connectivity index (χ3v) is 5.00. The molecule has 1 aliphatic heterocycles. The number of carbonyl (C=O) groups is 1. The highest BCUT2D eigenvalue weighted by Crippen LogP contribution is 2.31. The van der Waals surface area contributed by atoms with Crippen molar-refractivity contribution >= 4 is 11.6 Å². The number of anilines is 1. The van der Waals surface area contributed by atoms with E-state index >= 15 is 0 Å². The van der Waals surface area contributed by atoms with Crippen LogP contribution in [0.25, 0.3) is 0 Å². The van der Waals surface area contributed by atoms with E-state index in [9.17, 15) is 18.0 Å². The molecule has 0 aliphatic carbocycles. The summed E-state index contributed by atoms with van der Waals surface area (Å²) in [6.07, 6.45) is -4.55. The summed E-state index contributed by atoms with van der Waals surface area (Å²) in [5.41, 5.74) is -0.127. The molecule has 0 unspecified atom stereocenters. The molecule has 2 aromatic rings. The second kappa shape index (κ2) is 9.17. The number of nitrogens with zero attached hydrogens (tertiary/aromatic N) is 2. The van der Waals surface area contributed by atoms with E-state index in [-0.39, 0.29) is 5.56 Å². The predicted octanol–water partition coefficient (Wildman–Crippen LogP) is 3.27. The van der Waals surface area contributed by atoms with Gasteiger partial charge in [-0.25, -0.2) is 0 Å². The van der Waals surface area contributed by atoms with E-state index in [2.05, 4.69) is 15.1 Å². The number of halogens is 3. The minimum Gasteiger partial charge on any atom is -0.497 e. The largest absolute Gasteiger partial charge is 0.497 e. The Morgan fingerprint density at radius 2 is 1.69 bits per heavy atom. The smallest absolute Gasteiger partial charge is 0.417 e. The topological polar surface area (TPSA) is 44.8 Å². The molecular formula is C21H24F3N3O2. The lowest BCUT2D eigenvalue weighted by molar-refractivity contribution is -0.137. The van der Waals surface area contributed by atoms with Crippen LogP contribution in [0.3, 0.4) is 0 Å². The van der Waals surface area contributed by atoms with E-state index in [0.29, 0.717) is 13.1 Å². The molecule has 29 heavy (non-hydrogen) atoms. The number of alkyl halides is 3. The molecule has 156 valence electrons. The number of hydrogen-bond donors (Lipinski definition) is 1. The van der Waals surface area contributed by atoms with Gasteiger partial charge in [0.05, 0.1) is 18.2 Å². The zero-order valence-corrected chi connectivity index (χ0v) is 16.2. The average Bonchev–Trinajstić information content (AvgIpc) is 2.73. The van der Waals surface area contributed by atoms with E-state index in [0.717, 1.165) is 43.7 Å². The van der Waals surface area contributed by atoms with E-state index in [1.165, 1.54) is 18.2 Å². The van der Waals surface area contributed by atoms with E-state index in [1.807, 2.05) is 24.3 Å². The van der Waals surface area contributed by atoms with Crippen molar-refractivity contribution in [3.63, 3.8) is 0 Å². The standard InChI is InChI=1S/C21H24F3N3O2/c1-29-17-8-6-16(7-9-17)27-14-12-26(13-15-27)11-10-25-20(28)18-4-2-3-5-19(18)21(22,23)24/h2-9H,10-15H2,1H3,(H,25,28). The summed E-state index contributed by atoms with van der Waals surface area (Å²) in [4.78, 5) is 16.7. The fourth-order valence-corrected chi connectivity index (χ4v) is 3.37. The highest BCUT2D eigenvalue weighted by molar-refractivity contribution is 5.95. The molecule has 1 saturated heterocycles. The maximum atomic E-state index is 13.0. The van der Waals surface area contributed by atoms with Crippen LogP contribution in [0, 0.1) is 0 Å². The van der Waals surface area contributed by atoms with Crippen LogP contribution in [-0.4, -0.2) is 57.2 Å². The Labute approximate surface area is 168 Å². The van der Waals surface area contributed by atoms with Crippen molar-refractivity contribution in [3.8, 4) is 5.75 Å². The normalized spacial score (nSPS) is 15.2. The number of hydrogen-bond acceptors (Lipinski definition) is 4. The molecule has 0 atom stereocenters. The second-order valence-electron chi connectivity index (χ2n) is 6.83. The van der Waals surface area contributed by atoms with Crippen molar-refractivity contribution in [1.29, 1.82) is 0 Å². The zero-order chi connectivity index (χ0) is 20.9. The molecule has 5 nitrogen and oxygen atoms in total. The minimum atomic E-state index is -4.55. The van der Waals surface area contributed by atoms with Crippen molar-refractivity contribution < 1.29 is 22.7 Å². The van der Waals surface area contributed by atoms with Crippen LogP contribution in [0.4, 0.5) is 18.9 Å². The maximum absolute atomic E-state index is 13.0. The Balaban J connectivity index is 1.46. The van der Waals surface area contributed by atoms with Crippen molar-refractivity contribution in [1.82, 2.24) is 10.2 Å². The van der Waals surface area contributed by atoms with Crippen molar-refractivity contribution in [3.05, 3.63) is 59.7 Å². The summed E-state index contributed by atoms with van der Waals surface area (Å²) < 4.78 is 44.3. The monoisotopic (exact) mass is 407 g/mol. The maximum Gasteiger partial charge on any atom is 0.417 e. The summed E-state index contributed by atoms with van der Waals surface area (Å²) in [5, 5.41) is 2.61. The van der Waals surface area contributed by atoms with Crippen molar-refractivity contribution in [2.75, 3.05) is 51.3 Å². The Kier molecular flexibility index (Phi) is 6.64. The SMILES string of the molecule is COc1ccc(N2CCN(CCNC(=O)c3ccccc3C(F)(F)F)CC2)cc1. The lowest BCUT2D eigenvalue weighted by Gasteiger charge is -2.36. The molecular weight excluding hydrogens is 383 g/mol. The van der Waals surface area contributed by atoms with Gasteiger partial charge in [-0.2, -0.15) is 13.2 Å². The predicted molar refractivity (Wildman–Crippen MR) is 105 cm³/mol. The molecule has 0 saturated carbocycles. The van der Waals surface area contributed by atoms with Gasteiger partial charge in [0, 0.05) is 45.0 Å². The molecule has 0 bridgehead atoms. The van der Waals surface area contributed by atoms with Gasteiger partial charge in [0.15, 0.2) is 0 Å². The van der Waals surface area contributed by atoms with E-state index < -0.39 is 17.6 Å². The Morgan fingerprint density at radius 1 is 1.03 bits per heavy atom. The molecule has 1 N–H and O–H groups in total. The summed E-state index contributed by atoms with van der Waals surface area (Å²) >= 11 is 0. The lowest BCUT2D eigenvalue weighted by Crippen LogP contribution is -2.48. The van der Waals surface area contributed by atoms with Gasteiger partial charge in [0.25, 0.3) is 5.91 Å². The number of methoxy groups -OCH3 is 1. The molecule has 0 radical (unpaired) electrons. The first-order valence-electron chi connectivity index (χ1n) is 9.44. The van der Waals surface area contributed by atoms with E-state index in [4.69, 9.17) is 4.74 Å². The number of piperazine rings is 1. The third kappa shape index (κ3) is 5.41. The first-order chi connectivity index (χ1) is 13.9. The fraction of sp³-hybridized carbons (Fsp3) is 0.381. The van der Waals surface area contributed by atoms with E-state index in [1.54, 1.807) is 7.11 Å². The summed E-state index contributed by atoms with van der Waals surface area (Å²) in [7, 11) is 1.63. The molecule has 1 aliphatic rings. The van der Waals surface area contributed by atoms with Gasteiger partial charge in [-0.05, 0) is 36.4 Å². The fourth-order valence-electron chi connectivity index (χ4n) is 3.37. The quantitative estimate of drug-likeness (QED) is 0.799. The highest BCUT2D eigenvalue weighted by atomic mass is 19.4. The Bertz CT molecular complexity index is 817. The number of benzene rings is 2. The Morgan fingerprint density at radius 3 is 2.31 bits per heavy atom. The number of ether oxygens (including phenoxy) is 1. The van der Waals surface area contributed by atoms with Gasteiger partial charge in [-0.15, -0.1) is 0 Å². The molecule has 1 amide bonds. The van der Waals surface area contributed by atoms with Gasteiger partial charge < -0.3 is 15.0 Å². The average molecular weight is 407 g/mol. The summed E-state index contributed by atoms with van der Waals surface area (Å²) in [6, 6.07) is 12.7. The number of amides is 1. The molecule has 0 spiro atoms. The van der Waals surface area contributed by atoms with Crippen LogP contribution < -0.4 is 15.0 Å². The first-order valence-corrected chi connectivity index (χ1v) is 9.44. The van der Waals surface area contributed by atoms with Gasteiger partial charge in [-0.3, -0.25) is 9.69 Å². The molecule has 3 rings (SSSR count). The lowest BCUT2D eigenvalue weighted by atomic mass is 10.1. The van der Waals surface area contributed by atoms with Crippen LogP contribution in [0.1, 0.15) is 15.9 Å². The molecule has 8 heteroatoms. The zero-order valence-electron chi connectivity index (χ0n) is 16.2. The molecule has 2 aromatic carbocycles. The van der Waals surface area contributed by atoms with Gasteiger partial charge >= 0.3 is 6.18 Å². The second-order valence-corrected chi connectivity index (χ2v) is 6.83. The van der Waals surface area contributed by atoms with Crippen LogP contribution in [0.2, 0.25) is 0 Å². The Hall–Kier alpha value is -2.74. The number of nitrogens with one attached hydrogen (secondary N) is 1. The van der Waals surface area contributed by atoms with Crippen LogP contribution >= 0.6 is 0 Å². The van der Waals surface area contributed by atoms with Crippen LogP contribution in [0.15, 0.2) is 48.5 Å². The first kappa shape index (κ1) is 21.0. The minimum absolute atomic E-state index is 0.299. The molecule has 1 fully saturated rings. The van der Waals surface area contributed by atoms with Crippen molar-refractivity contribution in [2.45, 2.75) is 6.18 Å². The van der Waals surface area contributed by atoms with Gasteiger partial charge in [-0.1, -0.05) is 12.1 Å². The molecule has 1 heterocycles. The van der Waals surface area contributed by atoms with Crippen LogP contribution in [-0.2, 0) is 6.18 Å². The van der Waals surface area contributed by atoms with Crippen LogP contribution in [0.5, 0.6) is 5.75 Å². The van der Waals surface area contributed by atoms with Gasteiger partial charge in [0.1, 0.15) is 5.75 Å². The molecule has 0 aromatic heterocycles. The summed E-state index contributed by atoms with van der Waals surface area (Å²) in [6.45, 7) is 4.22. The number of carbonyl (C=O) groups excluding carboxylic acids is 1. The van der Waals surface area contributed by atoms with Gasteiger partial charge in [0.2, 0.25) is 0 Å². The third-order valence-electron chi connectivity index (χ3n) is 5.00. The number of rotatable bonds is 6.